The number of hydrogen-bond donors (Lipinski definition) is 2. The van der Waals surface area contributed by atoms with Crippen LogP contribution in [0, 0.1) is 0 Å². The molecule has 2 N–H and O–H groups in total. The first-order valence-corrected chi connectivity index (χ1v) is 10.0. The average Bonchev–Trinajstić information content (AvgIpc) is 2.75. The molecule has 1 unspecified atom stereocenters. The number of methoxy groups -OCH3 is 1. The summed E-state index contributed by atoms with van der Waals surface area (Å²) < 4.78 is 9.87. The molecule has 162 valence electrons. The van der Waals surface area contributed by atoms with E-state index in [-0.39, 0.29) is 31.2 Å². The summed E-state index contributed by atoms with van der Waals surface area (Å²) in [6.07, 6.45) is 0. The van der Waals surface area contributed by atoms with Gasteiger partial charge in [0.25, 0.3) is 0 Å². The number of amides is 2. The molecule has 2 amide bonds. The predicted octanol–water partition coefficient (Wildman–Crippen LogP) is 1.11. The van der Waals surface area contributed by atoms with Gasteiger partial charge in [-0.1, -0.05) is 0 Å². The topological polar surface area (TPSA) is 100 Å². The summed E-state index contributed by atoms with van der Waals surface area (Å²) in [6, 6.07) is 7.25. The first kappa shape index (κ1) is 21.6. The number of ether oxygens (including phenoxy) is 2. The third-order valence-electron chi connectivity index (χ3n) is 5.36. The Morgan fingerprint density at radius 3 is 2.53 bits per heavy atom. The van der Waals surface area contributed by atoms with E-state index in [1.807, 2.05) is 12.1 Å². The fraction of sp³-hybridized carbons (Fsp3) is 0.476. The van der Waals surface area contributed by atoms with Crippen molar-refractivity contribution in [1.82, 2.24) is 15.5 Å². The van der Waals surface area contributed by atoms with Gasteiger partial charge in [-0.2, -0.15) is 0 Å². The van der Waals surface area contributed by atoms with Crippen LogP contribution in [-0.4, -0.2) is 75.4 Å². The fourth-order valence-corrected chi connectivity index (χ4v) is 3.67. The molecule has 0 aromatic heterocycles. The van der Waals surface area contributed by atoms with Gasteiger partial charge >= 0.3 is 18.0 Å². The smallest absolute Gasteiger partial charge is 0.337 e. The SMILES string of the molecule is CCOC(=O)C1=C(CN2CCN(c3ccc(C(=O)OC)cc3)CC2C)NC(=O)NC1. The zero-order chi connectivity index (χ0) is 21.7. The molecule has 2 heterocycles. The number of benzene rings is 1. The molecule has 1 saturated heterocycles. The van der Waals surface area contributed by atoms with E-state index in [0.29, 0.717) is 23.4 Å². The van der Waals surface area contributed by atoms with Gasteiger partial charge in [-0.15, -0.1) is 0 Å². The molecule has 0 saturated carbocycles. The van der Waals surface area contributed by atoms with E-state index in [0.717, 1.165) is 25.3 Å². The van der Waals surface area contributed by atoms with Gasteiger partial charge in [-0.25, -0.2) is 14.4 Å². The normalized spacial score (nSPS) is 19.8. The number of carbonyl (C=O) groups is 3. The summed E-state index contributed by atoms with van der Waals surface area (Å²) in [4.78, 5) is 40.1. The third kappa shape index (κ3) is 4.91. The van der Waals surface area contributed by atoms with Gasteiger partial charge in [0.15, 0.2) is 0 Å². The highest BCUT2D eigenvalue weighted by Crippen LogP contribution is 2.21. The van der Waals surface area contributed by atoms with Crippen LogP contribution in [0.1, 0.15) is 24.2 Å². The molecule has 30 heavy (non-hydrogen) atoms. The number of piperazine rings is 1. The number of nitrogens with zero attached hydrogens (tertiary/aromatic N) is 2. The lowest BCUT2D eigenvalue weighted by molar-refractivity contribution is -0.138. The molecule has 1 aromatic carbocycles. The maximum absolute atomic E-state index is 12.2. The van der Waals surface area contributed by atoms with Crippen molar-refractivity contribution in [3.8, 4) is 0 Å². The van der Waals surface area contributed by atoms with Gasteiger partial charge in [0.2, 0.25) is 0 Å². The Bertz CT molecular complexity index is 836. The van der Waals surface area contributed by atoms with E-state index in [1.54, 1.807) is 19.1 Å². The Kier molecular flexibility index (Phi) is 6.94. The minimum Gasteiger partial charge on any atom is -0.465 e. The minimum atomic E-state index is -0.406. The van der Waals surface area contributed by atoms with Crippen LogP contribution >= 0.6 is 0 Å². The molecule has 1 fully saturated rings. The third-order valence-corrected chi connectivity index (χ3v) is 5.36. The molecule has 3 rings (SSSR count). The fourth-order valence-electron chi connectivity index (χ4n) is 3.67. The summed E-state index contributed by atoms with van der Waals surface area (Å²) in [5.74, 6) is -0.758. The standard InChI is InChI=1S/C21H28N4O5/c1-4-30-20(27)17-11-22-21(28)23-18(17)13-24-9-10-25(12-14(24)2)16-7-5-15(6-8-16)19(26)29-3/h5-8,14H,4,9-13H2,1-3H3,(H2,22,23,28). The maximum atomic E-state index is 12.2. The summed E-state index contributed by atoms with van der Waals surface area (Å²) in [5.41, 5.74) is 2.62. The van der Waals surface area contributed by atoms with Gasteiger partial charge in [0.1, 0.15) is 0 Å². The number of nitrogens with one attached hydrogen (secondary N) is 2. The van der Waals surface area contributed by atoms with Gasteiger partial charge in [-0.3, -0.25) is 4.90 Å². The number of carbonyl (C=O) groups excluding carboxylic acids is 3. The van der Waals surface area contributed by atoms with Crippen LogP contribution < -0.4 is 15.5 Å². The molecule has 0 radical (unpaired) electrons. The second-order valence-corrected chi connectivity index (χ2v) is 7.29. The molecular weight excluding hydrogens is 388 g/mol. The van der Waals surface area contributed by atoms with E-state index in [2.05, 4.69) is 27.4 Å². The lowest BCUT2D eigenvalue weighted by Gasteiger charge is -2.41. The molecule has 0 bridgehead atoms. The Morgan fingerprint density at radius 2 is 1.90 bits per heavy atom. The predicted molar refractivity (Wildman–Crippen MR) is 111 cm³/mol. The van der Waals surface area contributed by atoms with Gasteiger partial charge in [-0.05, 0) is 38.1 Å². The van der Waals surface area contributed by atoms with E-state index < -0.39 is 5.97 Å². The summed E-state index contributed by atoms with van der Waals surface area (Å²) in [7, 11) is 1.37. The van der Waals surface area contributed by atoms with E-state index in [1.165, 1.54) is 7.11 Å². The molecule has 2 aliphatic rings. The van der Waals surface area contributed by atoms with Crippen molar-refractivity contribution in [2.24, 2.45) is 0 Å². The lowest BCUT2D eigenvalue weighted by Crippen LogP contribution is -2.54. The van der Waals surface area contributed by atoms with E-state index in [4.69, 9.17) is 9.47 Å². The Hall–Kier alpha value is -3.07. The number of urea groups is 1. The number of rotatable bonds is 6. The first-order valence-electron chi connectivity index (χ1n) is 10.0. The van der Waals surface area contributed by atoms with Gasteiger partial charge in [0, 0.05) is 43.6 Å². The van der Waals surface area contributed by atoms with Crippen molar-refractivity contribution in [3.63, 3.8) is 0 Å². The van der Waals surface area contributed by atoms with Crippen molar-refractivity contribution in [1.29, 1.82) is 0 Å². The molecule has 0 spiro atoms. The highest BCUT2D eigenvalue weighted by atomic mass is 16.5. The quantitative estimate of drug-likeness (QED) is 0.670. The van der Waals surface area contributed by atoms with Gasteiger partial charge in [0.05, 0.1) is 31.4 Å². The van der Waals surface area contributed by atoms with Crippen molar-refractivity contribution in [2.75, 3.05) is 51.3 Å². The molecule has 1 aromatic rings. The number of anilines is 1. The second kappa shape index (κ2) is 9.62. The van der Waals surface area contributed by atoms with Crippen LogP contribution in [0.2, 0.25) is 0 Å². The minimum absolute atomic E-state index is 0.168. The van der Waals surface area contributed by atoms with Crippen LogP contribution in [0.5, 0.6) is 0 Å². The average molecular weight is 416 g/mol. The van der Waals surface area contributed by atoms with Crippen LogP contribution in [0.4, 0.5) is 10.5 Å². The van der Waals surface area contributed by atoms with Crippen LogP contribution in [0.25, 0.3) is 0 Å². The molecular formula is C21H28N4O5. The highest BCUT2D eigenvalue weighted by molar-refractivity contribution is 5.93. The van der Waals surface area contributed by atoms with Crippen molar-refractivity contribution >= 4 is 23.7 Å². The number of esters is 2. The van der Waals surface area contributed by atoms with E-state index in [9.17, 15) is 14.4 Å². The Labute approximate surface area is 176 Å². The Balaban J connectivity index is 1.66. The number of hydrogen-bond acceptors (Lipinski definition) is 7. The van der Waals surface area contributed by atoms with E-state index >= 15 is 0 Å². The zero-order valence-corrected chi connectivity index (χ0v) is 17.6. The van der Waals surface area contributed by atoms with Crippen LogP contribution in [0.15, 0.2) is 35.5 Å². The molecule has 0 aliphatic carbocycles. The molecule has 9 heteroatoms. The first-order chi connectivity index (χ1) is 14.4. The summed E-state index contributed by atoms with van der Waals surface area (Å²) in [5, 5.41) is 5.40. The monoisotopic (exact) mass is 416 g/mol. The molecule has 2 aliphatic heterocycles. The van der Waals surface area contributed by atoms with Crippen LogP contribution in [0.3, 0.4) is 0 Å². The summed E-state index contributed by atoms with van der Waals surface area (Å²) >= 11 is 0. The summed E-state index contributed by atoms with van der Waals surface area (Å²) in [6.45, 7) is 7.13. The highest BCUT2D eigenvalue weighted by Gasteiger charge is 2.29. The van der Waals surface area contributed by atoms with Crippen molar-refractivity contribution < 1.29 is 23.9 Å². The Morgan fingerprint density at radius 1 is 1.17 bits per heavy atom. The lowest BCUT2D eigenvalue weighted by atomic mass is 10.1. The second-order valence-electron chi connectivity index (χ2n) is 7.29. The zero-order valence-electron chi connectivity index (χ0n) is 17.6. The van der Waals surface area contributed by atoms with Crippen LogP contribution in [-0.2, 0) is 14.3 Å². The van der Waals surface area contributed by atoms with Crippen molar-refractivity contribution in [3.05, 3.63) is 41.1 Å². The molecule has 9 nitrogen and oxygen atoms in total. The van der Waals surface area contributed by atoms with Crippen molar-refractivity contribution in [2.45, 2.75) is 19.9 Å². The molecule has 1 atom stereocenters. The largest absolute Gasteiger partial charge is 0.465 e. The maximum Gasteiger partial charge on any atom is 0.337 e. The van der Waals surface area contributed by atoms with Gasteiger partial charge < -0.3 is 25.0 Å².